The smallest absolute Gasteiger partial charge is 0.135 e. The Balaban J connectivity index is 1.54. The fourth-order valence-electron chi connectivity index (χ4n) is 3.64. The zero-order valence-electron chi connectivity index (χ0n) is 16.5. The van der Waals surface area contributed by atoms with Crippen molar-refractivity contribution in [3.05, 3.63) is 102 Å². The van der Waals surface area contributed by atoms with E-state index in [0.29, 0.717) is 0 Å². The van der Waals surface area contributed by atoms with E-state index in [0.717, 1.165) is 33.6 Å². The molecule has 140 valence electrons. The fraction of sp³-hybridized carbons (Fsp3) is 0.0741. The molecular formula is C27H21NO. The average molecular weight is 375 g/mol. The Hall–Kier alpha value is -3.65. The predicted molar refractivity (Wildman–Crippen MR) is 120 cm³/mol. The summed E-state index contributed by atoms with van der Waals surface area (Å²) >= 11 is 0. The van der Waals surface area contributed by atoms with Crippen molar-refractivity contribution in [2.24, 2.45) is 0 Å². The van der Waals surface area contributed by atoms with Gasteiger partial charge in [0.25, 0.3) is 0 Å². The van der Waals surface area contributed by atoms with E-state index in [1.54, 1.807) is 0 Å². The van der Waals surface area contributed by atoms with Crippen molar-refractivity contribution in [2.45, 2.75) is 13.8 Å². The van der Waals surface area contributed by atoms with E-state index in [4.69, 9.17) is 4.42 Å². The highest BCUT2D eigenvalue weighted by Gasteiger charge is 2.09. The minimum atomic E-state index is 0.898. The molecule has 0 radical (unpaired) electrons. The maximum absolute atomic E-state index is 6.08. The van der Waals surface area contributed by atoms with E-state index >= 15 is 0 Å². The van der Waals surface area contributed by atoms with Crippen LogP contribution in [-0.4, -0.2) is 4.98 Å². The summed E-state index contributed by atoms with van der Waals surface area (Å²) in [6, 6.07) is 29.6. The number of hydrogen-bond acceptors (Lipinski definition) is 2. The van der Waals surface area contributed by atoms with Crippen LogP contribution in [0.25, 0.3) is 44.7 Å². The van der Waals surface area contributed by atoms with Gasteiger partial charge in [0.15, 0.2) is 0 Å². The molecule has 0 saturated heterocycles. The fourth-order valence-corrected chi connectivity index (χ4v) is 3.64. The Morgan fingerprint density at radius 1 is 0.621 bits per heavy atom. The van der Waals surface area contributed by atoms with E-state index in [2.05, 4.69) is 97.7 Å². The Morgan fingerprint density at radius 2 is 1.38 bits per heavy atom. The minimum Gasteiger partial charge on any atom is -0.456 e. The summed E-state index contributed by atoms with van der Waals surface area (Å²) in [6.45, 7) is 4.18. The van der Waals surface area contributed by atoms with Gasteiger partial charge in [-0.25, -0.2) is 0 Å². The lowest BCUT2D eigenvalue weighted by atomic mass is 10.00. The van der Waals surface area contributed by atoms with Crippen molar-refractivity contribution in [3.8, 4) is 33.7 Å². The van der Waals surface area contributed by atoms with Crippen molar-refractivity contribution in [2.75, 3.05) is 0 Å². The van der Waals surface area contributed by atoms with Gasteiger partial charge >= 0.3 is 0 Å². The maximum atomic E-state index is 6.08. The molecule has 5 rings (SSSR count). The lowest BCUT2D eigenvalue weighted by molar-refractivity contribution is 0.631. The van der Waals surface area contributed by atoms with Gasteiger partial charge in [0.2, 0.25) is 0 Å². The van der Waals surface area contributed by atoms with Gasteiger partial charge in [-0.05, 0) is 66.9 Å². The third-order valence-electron chi connectivity index (χ3n) is 5.26. The Morgan fingerprint density at radius 3 is 2.21 bits per heavy atom. The molecule has 0 amide bonds. The molecule has 0 atom stereocenters. The monoisotopic (exact) mass is 375 g/mol. The van der Waals surface area contributed by atoms with Crippen LogP contribution >= 0.6 is 0 Å². The van der Waals surface area contributed by atoms with Crippen molar-refractivity contribution in [3.63, 3.8) is 0 Å². The van der Waals surface area contributed by atoms with E-state index in [9.17, 15) is 0 Å². The van der Waals surface area contributed by atoms with Gasteiger partial charge in [0.1, 0.15) is 11.3 Å². The number of hydrogen-bond donors (Lipinski definition) is 0. The first-order valence-corrected chi connectivity index (χ1v) is 9.80. The molecule has 2 heterocycles. The van der Waals surface area contributed by atoms with Gasteiger partial charge in [-0.1, -0.05) is 54.1 Å². The zero-order valence-corrected chi connectivity index (χ0v) is 16.5. The molecule has 0 spiro atoms. The third kappa shape index (κ3) is 3.45. The number of furan rings is 1. The molecule has 0 saturated carbocycles. The topological polar surface area (TPSA) is 26.0 Å². The van der Waals surface area contributed by atoms with Crippen LogP contribution in [0.5, 0.6) is 0 Å². The summed E-state index contributed by atoms with van der Waals surface area (Å²) in [5.41, 5.74) is 8.92. The van der Waals surface area contributed by atoms with Crippen LogP contribution in [0.4, 0.5) is 0 Å². The molecular weight excluding hydrogens is 354 g/mol. The summed E-state index contributed by atoms with van der Waals surface area (Å²) in [6.07, 6.45) is 1.86. The van der Waals surface area contributed by atoms with E-state index < -0.39 is 0 Å². The van der Waals surface area contributed by atoms with Crippen LogP contribution in [0.15, 0.2) is 95.5 Å². The van der Waals surface area contributed by atoms with Crippen molar-refractivity contribution in [1.82, 2.24) is 4.98 Å². The molecule has 0 aliphatic rings. The van der Waals surface area contributed by atoms with Crippen molar-refractivity contribution >= 4 is 11.0 Å². The SMILES string of the molecule is Cc1ccc(-c2cc3cc(-c4cccc(-c5cc(C)ccn5)c4)ccc3o2)cc1. The molecule has 3 aromatic carbocycles. The van der Waals surface area contributed by atoms with Crippen molar-refractivity contribution < 1.29 is 4.42 Å². The van der Waals surface area contributed by atoms with Crippen LogP contribution < -0.4 is 0 Å². The van der Waals surface area contributed by atoms with Crippen LogP contribution in [0.2, 0.25) is 0 Å². The molecule has 0 aliphatic heterocycles. The van der Waals surface area contributed by atoms with Crippen LogP contribution in [0, 0.1) is 13.8 Å². The number of aryl methyl sites for hydroxylation is 2. The van der Waals surface area contributed by atoms with E-state index in [-0.39, 0.29) is 0 Å². The number of fused-ring (bicyclic) bond motifs is 1. The molecule has 2 nitrogen and oxygen atoms in total. The third-order valence-corrected chi connectivity index (χ3v) is 5.26. The first-order valence-electron chi connectivity index (χ1n) is 9.80. The largest absolute Gasteiger partial charge is 0.456 e. The van der Waals surface area contributed by atoms with Crippen LogP contribution in [-0.2, 0) is 0 Å². The summed E-state index contributed by atoms with van der Waals surface area (Å²) in [5, 5.41) is 1.11. The van der Waals surface area contributed by atoms with Gasteiger partial charge in [-0.3, -0.25) is 4.98 Å². The quantitative estimate of drug-likeness (QED) is 0.327. The molecule has 5 aromatic rings. The van der Waals surface area contributed by atoms with Gasteiger partial charge in [0, 0.05) is 22.7 Å². The molecule has 0 N–H and O–H groups in total. The lowest BCUT2D eigenvalue weighted by Crippen LogP contribution is -1.85. The van der Waals surface area contributed by atoms with Crippen molar-refractivity contribution in [1.29, 1.82) is 0 Å². The molecule has 0 fully saturated rings. The second-order valence-corrected chi connectivity index (χ2v) is 7.53. The number of benzene rings is 3. The average Bonchev–Trinajstić information content (AvgIpc) is 3.18. The van der Waals surface area contributed by atoms with Gasteiger partial charge in [0.05, 0.1) is 5.69 Å². The van der Waals surface area contributed by atoms with Gasteiger partial charge in [-0.15, -0.1) is 0 Å². The highest BCUT2D eigenvalue weighted by Crippen LogP contribution is 2.32. The number of rotatable bonds is 3. The standard InChI is InChI=1S/C27H21NO/c1-18-6-8-20(9-7-18)27-17-24-16-22(10-11-26(24)29-27)21-4-3-5-23(15-21)25-14-19(2)12-13-28-25/h3-17H,1-2H3. The van der Waals surface area contributed by atoms with Gasteiger partial charge in [-0.2, -0.15) is 0 Å². The number of aromatic nitrogens is 1. The van der Waals surface area contributed by atoms with Crippen LogP contribution in [0.3, 0.4) is 0 Å². The Labute approximate surface area is 170 Å². The van der Waals surface area contributed by atoms with E-state index in [1.165, 1.54) is 22.3 Å². The molecule has 0 bridgehead atoms. The molecule has 0 aliphatic carbocycles. The summed E-state index contributed by atoms with van der Waals surface area (Å²) < 4.78 is 6.08. The van der Waals surface area contributed by atoms with E-state index in [1.807, 2.05) is 12.3 Å². The molecule has 29 heavy (non-hydrogen) atoms. The molecule has 0 unspecified atom stereocenters. The number of nitrogens with zero attached hydrogens (tertiary/aromatic N) is 1. The zero-order chi connectivity index (χ0) is 19.8. The normalized spacial score (nSPS) is 11.1. The summed E-state index contributed by atoms with van der Waals surface area (Å²) in [4.78, 5) is 4.52. The molecule has 2 heteroatoms. The first kappa shape index (κ1) is 17.4. The lowest BCUT2D eigenvalue weighted by Gasteiger charge is -2.06. The second-order valence-electron chi connectivity index (χ2n) is 7.53. The number of pyridine rings is 1. The Bertz CT molecular complexity index is 1310. The Kier molecular flexibility index (Phi) is 4.25. The summed E-state index contributed by atoms with van der Waals surface area (Å²) in [5.74, 6) is 0.898. The highest BCUT2D eigenvalue weighted by atomic mass is 16.3. The predicted octanol–water partition coefficient (Wildman–Crippen LogP) is 7.45. The second kappa shape index (κ2) is 7.06. The highest BCUT2D eigenvalue weighted by molar-refractivity contribution is 5.87. The van der Waals surface area contributed by atoms with Gasteiger partial charge < -0.3 is 4.42 Å². The minimum absolute atomic E-state index is 0.898. The maximum Gasteiger partial charge on any atom is 0.135 e. The summed E-state index contributed by atoms with van der Waals surface area (Å²) in [7, 11) is 0. The first-order chi connectivity index (χ1) is 14.2. The van der Waals surface area contributed by atoms with Crippen LogP contribution in [0.1, 0.15) is 11.1 Å². The molecule has 2 aromatic heterocycles.